The van der Waals surface area contributed by atoms with Gasteiger partial charge in [0.25, 0.3) is 10.0 Å². The van der Waals surface area contributed by atoms with Gasteiger partial charge in [0.2, 0.25) is 5.78 Å². The first-order valence-electron chi connectivity index (χ1n) is 6.81. The van der Waals surface area contributed by atoms with Gasteiger partial charge in [0.05, 0.1) is 15.6 Å². The number of benzene rings is 2. The van der Waals surface area contributed by atoms with Crippen molar-refractivity contribution in [2.45, 2.75) is 11.8 Å². The lowest BCUT2D eigenvalue weighted by Gasteiger charge is -2.14. The molecule has 23 heavy (non-hydrogen) atoms. The summed E-state index contributed by atoms with van der Waals surface area (Å²) in [5.41, 5.74) is 1.91. The average molecular weight is 346 g/mol. The van der Waals surface area contributed by atoms with E-state index < -0.39 is 10.0 Å². The SMILES string of the molecule is Cc1ccc(S(=O)(=O)/N=C2/C=C(Cl)C(=O)c3ccccc32)cc1. The highest BCUT2D eigenvalue weighted by atomic mass is 35.5. The minimum atomic E-state index is -3.89. The number of nitrogens with zero attached hydrogens (tertiary/aromatic N) is 1. The number of Topliss-reactive ketones (excluding diaryl/α,β-unsaturated/α-hetero) is 1. The quantitative estimate of drug-likeness (QED) is 0.836. The fourth-order valence-corrected chi connectivity index (χ4v) is 3.46. The fourth-order valence-electron chi connectivity index (χ4n) is 2.26. The maximum absolute atomic E-state index is 12.5. The highest BCUT2D eigenvalue weighted by Gasteiger charge is 2.24. The third-order valence-electron chi connectivity index (χ3n) is 3.47. The van der Waals surface area contributed by atoms with Gasteiger partial charge in [-0.05, 0) is 25.1 Å². The molecule has 0 fully saturated rings. The average Bonchev–Trinajstić information content (AvgIpc) is 2.52. The maximum Gasteiger partial charge on any atom is 0.282 e. The molecule has 1 aliphatic carbocycles. The highest BCUT2D eigenvalue weighted by Crippen LogP contribution is 2.25. The van der Waals surface area contributed by atoms with Gasteiger partial charge in [-0.2, -0.15) is 12.8 Å². The number of carbonyl (C=O) groups excluding carboxylic acids is 1. The van der Waals surface area contributed by atoms with Crippen molar-refractivity contribution in [2.24, 2.45) is 4.40 Å². The normalized spacial score (nSPS) is 16.2. The summed E-state index contributed by atoms with van der Waals surface area (Å²) in [6.45, 7) is 1.87. The lowest BCUT2D eigenvalue weighted by molar-refractivity contribution is 0.104. The molecule has 0 N–H and O–H groups in total. The second kappa shape index (κ2) is 5.76. The summed E-state index contributed by atoms with van der Waals surface area (Å²) >= 11 is 5.92. The molecule has 3 rings (SSSR count). The van der Waals surface area contributed by atoms with Crippen molar-refractivity contribution in [3.8, 4) is 0 Å². The molecule has 4 nitrogen and oxygen atoms in total. The van der Waals surface area contributed by atoms with Crippen molar-refractivity contribution in [3.63, 3.8) is 0 Å². The fraction of sp³-hybridized carbons (Fsp3) is 0.0588. The highest BCUT2D eigenvalue weighted by molar-refractivity contribution is 7.90. The summed E-state index contributed by atoms with van der Waals surface area (Å²) in [5.74, 6) is -0.339. The van der Waals surface area contributed by atoms with E-state index in [0.29, 0.717) is 11.1 Å². The van der Waals surface area contributed by atoms with Crippen LogP contribution in [0.1, 0.15) is 21.5 Å². The van der Waals surface area contributed by atoms with Crippen LogP contribution in [0.25, 0.3) is 0 Å². The number of allylic oxidation sites excluding steroid dienone is 2. The molecule has 0 aromatic heterocycles. The van der Waals surface area contributed by atoms with E-state index in [1.54, 1.807) is 36.4 Å². The summed E-state index contributed by atoms with van der Waals surface area (Å²) in [6.07, 6.45) is 1.29. The number of aryl methyl sites for hydroxylation is 1. The molecule has 6 heteroatoms. The van der Waals surface area contributed by atoms with Crippen LogP contribution in [0.5, 0.6) is 0 Å². The molecule has 0 heterocycles. The molecule has 2 aromatic rings. The molecule has 0 amide bonds. The number of halogens is 1. The van der Waals surface area contributed by atoms with Crippen molar-refractivity contribution >= 4 is 33.1 Å². The van der Waals surface area contributed by atoms with Crippen molar-refractivity contribution in [3.05, 3.63) is 76.3 Å². The minimum Gasteiger partial charge on any atom is -0.288 e. The van der Waals surface area contributed by atoms with E-state index in [4.69, 9.17) is 11.6 Å². The summed E-state index contributed by atoms with van der Waals surface area (Å²) in [6, 6.07) is 13.1. The van der Waals surface area contributed by atoms with Gasteiger partial charge in [0.15, 0.2) is 0 Å². The zero-order valence-corrected chi connectivity index (χ0v) is 13.7. The molecule has 0 bridgehead atoms. The van der Waals surface area contributed by atoms with E-state index in [0.717, 1.165) is 5.56 Å². The van der Waals surface area contributed by atoms with Gasteiger partial charge in [-0.15, -0.1) is 0 Å². The van der Waals surface area contributed by atoms with E-state index in [1.165, 1.54) is 18.2 Å². The van der Waals surface area contributed by atoms with Crippen LogP contribution in [0.2, 0.25) is 0 Å². The van der Waals surface area contributed by atoms with Crippen LogP contribution in [0.4, 0.5) is 0 Å². The van der Waals surface area contributed by atoms with Gasteiger partial charge >= 0.3 is 0 Å². The largest absolute Gasteiger partial charge is 0.288 e. The number of carbonyl (C=O) groups is 1. The molecule has 0 unspecified atom stereocenters. The van der Waals surface area contributed by atoms with Gasteiger partial charge in [0, 0.05) is 11.1 Å². The Balaban J connectivity index is 2.15. The Kier molecular flexibility index (Phi) is 3.92. The zero-order valence-electron chi connectivity index (χ0n) is 12.2. The molecule has 1 aliphatic rings. The molecule has 0 aliphatic heterocycles. The van der Waals surface area contributed by atoms with Crippen molar-refractivity contribution < 1.29 is 13.2 Å². The van der Waals surface area contributed by atoms with E-state index in [9.17, 15) is 13.2 Å². The summed E-state index contributed by atoms with van der Waals surface area (Å²) in [4.78, 5) is 12.1. The van der Waals surface area contributed by atoms with Gasteiger partial charge in [-0.1, -0.05) is 53.6 Å². The van der Waals surface area contributed by atoms with Crippen LogP contribution in [0.3, 0.4) is 0 Å². The molecule has 116 valence electrons. The third-order valence-corrected chi connectivity index (χ3v) is 5.05. The molecule has 0 atom stereocenters. The maximum atomic E-state index is 12.5. The van der Waals surface area contributed by atoms with Gasteiger partial charge < -0.3 is 0 Å². The summed E-state index contributed by atoms with van der Waals surface area (Å²) < 4.78 is 28.8. The van der Waals surface area contributed by atoms with Gasteiger partial charge in [-0.3, -0.25) is 4.79 Å². The lowest BCUT2D eigenvalue weighted by atomic mass is 9.94. The minimum absolute atomic E-state index is 0.0541. The standard InChI is InChI=1S/C17H12ClNO3S/c1-11-6-8-12(9-7-11)23(21,22)19-16-10-15(18)17(20)14-5-3-2-4-13(14)16/h2-10H,1H3/b19-16-. The molecular weight excluding hydrogens is 334 g/mol. The predicted molar refractivity (Wildman–Crippen MR) is 89.6 cm³/mol. The number of rotatable bonds is 2. The number of fused-ring (bicyclic) bond motifs is 1. The van der Waals surface area contributed by atoms with Crippen LogP contribution in [-0.4, -0.2) is 19.9 Å². The molecule has 0 radical (unpaired) electrons. The monoisotopic (exact) mass is 345 g/mol. The zero-order chi connectivity index (χ0) is 16.6. The number of hydrogen-bond acceptors (Lipinski definition) is 3. The Hall–Kier alpha value is -2.24. The number of sulfonamides is 1. The molecule has 0 spiro atoms. The number of hydrogen-bond donors (Lipinski definition) is 0. The summed E-state index contributed by atoms with van der Waals surface area (Å²) in [5, 5.41) is -0.0541. The first kappa shape index (κ1) is 15.6. The predicted octanol–water partition coefficient (Wildman–Crippen LogP) is 3.49. The Morgan fingerprint density at radius 2 is 1.57 bits per heavy atom. The second-order valence-corrected chi connectivity index (χ2v) is 7.14. The van der Waals surface area contributed by atoms with Crippen molar-refractivity contribution in [1.82, 2.24) is 0 Å². The first-order chi connectivity index (χ1) is 10.9. The van der Waals surface area contributed by atoms with E-state index in [-0.39, 0.29) is 21.4 Å². The first-order valence-corrected chi connectivity index (χ1v) is 8.63. The van der Waals surface area contributed by atoms with Crippen molar-refractivity contribution in [1.29, 1.82) is 0 Å². The molecule has 0 saturated carbocycles. The van der Waals surface area contributed by atoms with Crippen LogP contribution >= 0.6 is 11.6 Å². The lowest BCUT2D eigenvalue weighted by Crippen LogP contribution is -2.16. The second-order valence-electron chi connectivity index (χ2n) is 5.13. The van der Waals surface area contributed by atoms with Crippen LogP contribution in [-0.2, 0) is 10.0 Å². The van der Waals surface area contributed by atoms with E-state index >= 15 is 0 Å². The number of ketones is 1. The molecule has 2 aromatic carbocycles. The van der Waals surface area contributed by atoms with Crippen molar-refractivity contribution in [2.75, 3.05) is 0 Å². The Labute approximate surface area is 139 Å². The Bertz CT molecular complexity index is 958. The topological polar surface area (TPSA) is 63.6 Å². The van der Waals surface area contributed by atoms with E-state index in [2.05, 4.69) is 4.40 Å². The van der Waals surface area contributed by atoms with Gasteiger partial charge in [-0.25, -0.2) is 0 Å². The molecular formula is C17H12ClNO3S. The van der Waals surface area contributed by atoms with Crippen LogP contribution < -0.4 is 0 Å². The van der Waals surface area contributed by atoms with Gasteiger partial charge in [0.1, 0.15) is 0 Å². The summed E-state index contributed by atoms with van der Waals surface area (Å²) in [7, 11) is -3.89. The Morgan fingerprint density at radius 1 is 0.957 bits per heavy atom. The molecule has 0 saturated heterocycles. The third kappa shape index (κ3) is 2.98. The van der Waals surface area contributed by atoms with E-state index in [1.807, 2.05) is 6.92 Å². The van der Waals surface area contributed by atoms with Crippen LogP contribution in [0, 0.1) is 6.92 Å². The smallest absolute Gasteiger partial charge is 0.282 e. The Morgan fingerprint density at radius 3 is 2.22 bits per heavy atom. The van der Waals surface area contributed by atoms with Crippen LogP contribution in [0.15, 0.2) is 68.9 Å².